The van der Waals surface area contributed by atoms with Gasteiger partial charge in [0.1, 0.15) is 11.6 Å². The normalized spacial score (nSPS) is 11.1. The number of unbranched alkanes of at least 4 members (excludes halogenated alkanes) is 1. The number of ether oxygens (including phenoxy) is 1. The zero-order valence-corrected chi connectivity index (χ0v) is 15.6. The molecule has 0 radical (unpaired) electrons. The third-order valence-electron chi connectivity index (χ3n) is 2.85. The first-order valence-corrected chi connectivity index (χ1v) is 7.32. The Kier molecular flexibility index (Phi) is 11.6. The van der Waals surface area contributed by atoms with Crippen LogP contribution in [0.2, 0.25) is 0 Å². The molecule has 8 heteroatoms. The third kappa shape index (κ3) is 8.29. The van der Waals surface area contributed by atoms with Gasteiger partial charge in [0, 0.05) is 13.1 Å². The fourth-order valence-corrected chi connectivity index (χ4v) is 1.78. The second kappa shape index (κ2) is 12.3. The van der Waals surface area contributed by atoms with E-state index in [0.29, 0.717) is 12.5 Å². The Hall–Kier alpha value is -1.19. The van der Waals surface area contributed by atoms with E-state index in [1.54, 1.807) is 0 Å². The Morgan fingerprint density at radius 1 is 1.26 bits per heavy atom. The predicted molar refractivity (Wildman–Crippen MR) is 96.2 cm³/mol. The first kappa shape index (κ1) is 21.8. The van der Waals surface area contributed by atoms with Crippen LogP contribution in [0.1, 0.15) is 32.3 Å². The van der Waals surface area contributed by atoms with Crippen LogP contribution in [0.3, 0.4) is 0 Å². The molecule has 4 nitrogen and oxygen atoms in total. The van der Waals surface area contributed by atoms with Gasteiger partial charge in [0.2, 0.25) is 0 Å². The molecule has 0 heterocycles. The highest BCUT2D eigenvalue weighted by Crippen LogP contribution is 2.24. The van der Waals surface area contributed by atoms with Crippen LogP contribution >= 0.6 is 24.0 Å². The van der Waals surface area contributed by atoms with Crippen LogP contribution in [-0.4, -0.2) is 25.7 Å². The van der Waals surface area contributed by atoms with E-state index in [1.165, 1.54) is 18.2 Å². The Morgan fingerprint density at radius 2 is 2.00 bits per heavy atom. The van der Waals surface area contributed by atoms with Gasteiger partial charge in [-0.15, -0.1) is 24.0 Å². The van der Waals surface area contributed by atoms with E-state index in [-0.39, 0.29) is 41.8 Å². The minimum Gasteiger partial charge on any atom is -0.434 e. The summed E-state index contributed by atoms with van der Waals surface area (Å²) in [5, 5.41) is 6.12. The molecule has 1 aromatic carbocycles. The zero-order valence-electron chi connectivity index (χ0n) is 13.2. The summed E-state index contributed by atoms with van der Waals surface area (Å²) < 4.78 is 42.8. The Balaban J connectivity index is 0.00000484. The molecule has 0 bridgehead atoms. The zero-order chi connectivity index (χ0) is 16.4. The monoisotopic (exact) mass is 445 g/mol. The average Bonchev–Trinajstić information content (AvgIpc) is 2.46. The molecule has 0 aliphatic rings. The lowest BCUT2D eigenvalue weighted by molar-refractivity contribution is -0.0506. The van der Waals surface area contributed by atoms with Crippen LogP contribution < -0.4 is 15.4 Å². The van der Waals surface area contributed by atoms with Crippen molar-refractivity contribution in [2.24, 2.45) is 4.99 Å². The molecular weight excluding hydrogens is 422 g/mol. The summed E-state index contributed by atoms with van der Waals surface area (Å²) in [5.74, 6) is -0.295. The van der Waals surface area contributed by atoms with E-state index < -0.39 is 12.4 Å². The van der Waals surface area contributed by atoms with Crippen molar-refractivity contribution in [1.82, 2.24) is 10.6 Å². The van der Waals surface area contributed by atoms with Crippen LogP contribution in [-0.2, 0) is 6.54 Å². The second-order valence-corrected chi connectivity index (χ2v) is 4.57. The van der Waals surface area contributed by atoms with Crippen LogP contribution in [0, 0.1) is 5.82 Å². The summed E-state index contributed by atoms with van der Waals surface area (Å²) in [7, 11) is 0. The minimum absolute atomic E-state index is 0. The van der Waals surface area contributed by atoms with Crippen molar-refractivity contribution < 1.29 is 17.9 Å². The van der Waals surface area contributed by atoms with Crippen LogP contribution in [0.15, 0.2) is 23.2 Å². The number of hydrogen-bond donors (Lipinski definition) is 2. The maximum Gasteiger partial charge on any atom is 0.387 e. The van der Waals surface area contributed by atoms with Crippen LogP contribution in [0.5, 0.6) is 5.75 Å². The van der Waals surface area contributed by atoms with Crippen molar-refractivity contribution in [1.29, 1.82) is 0 Å². The van der Waals surface area contributed by atoms with Gasteiger partial charge in [0.15, 0.2) is 5.96 Å². The summed E-state index contributed by atoms with van der Waals surface area (Å²) >= 11 is 0. The van der Waals surface area contributed by atoms with Crippen molar-refractivity contribution >= 4 is 29.9 Å². The maximum absolute atomic E-state index is 13.8. The predicted octanol–water partition coefficient (Wildman–Crippen LogP) is 3.90. The van der Waals surface area contributed by atoms with Gasteiger partial charge >= 0.3 is 6.61 Å². The van der Waals surface area contributed by atoms with Crippen molar-refractivity contribution in [2.45, 2.75) is 39.8 Å². The lowest BCUT2D eigenvalue weighted by Gasteiger charge is -2.13. The Morgan fingerprint density at radius 3 is 2.61 bits per heavy atom. The van der Waals surface area contributed by atoms with Gasteiger partial charge in [-0.1, -0.05) is 19.4 Å². The Labute approximate surface area is 151 Å². The first-order chi connectivity index (χ1) is 10.6. The fourth-order valence-electron chi connectivity index (χ4n) is 1.78. The van der Waals surface area contributed by atoms with Gasteiger partial charge in [0.05, 0.1) is 12.1 Å². The van der Waals surface area contributed by atoms with Gasteiger partial charge < -0.3 is 15.4 Å². The molecule has 0 fully saturated rings. The fraction of sp³-hybridized carbons (Fsp3) is 0.533. The van der Waals surface area contributed by atoms with Crippen LogP contribution in [0.25, 0.3) is 0 Å². The van der Waals surface area contributed by atoms with Gasteiger partial charge in [-0.05, 0) is 25.5 Å². The number of halogens is 4. The van der Waals surface area contributed by atoms with Crippen molar-refractivity contribution in [3.8, 4) is 5.75 Å². The quantitative estimate of drug-likeness (QED) is 0.276. The van der Waals surface area contributed by atoms with E-state index in [2.05, 4.69) is 27.3 Å². The molecular formula is C15H23F3IN3O. The smallest absolute Gasteiger partial charge is 0.387 e. The summed E-state index contributed by atoms with van der Waals surface area (Å²) in [5.41, 5.74) is 0.00972. The highest BCUT2D eigenvalue weighted by Gasteiger charge is 2.13. The van der Waals surface area contributed by atoms with Crippen molar-refractivity contribution in [2.75, 3.05) is 13.1 Å². The topological polar surface area (TPSA) is 45.7 Å². The van der Waals surface area contributed by atoms with E-state index in [9.17, 15) is 13.2 Å². The van der Waals surface area contributed by atoms with Gasteiger partial charge in [-0.3, -0.25) is 0 Å². The summed E-state index contributed by atoms with van der Waals surface area (Å²) in [6.45, 7) is 2.27. The largest absolute Gasteiger partial charge is 0.434 e. The lowest BCUT2D eigenvalue weighted by Crippen LogP contribution is -2.37. The molecule has 0 aromatic heterocycles. The van der Waals surface area contributed by atoms with E-state index in [1.807, 2.05) is 6.92 Å². The molecule has 0 aliphatic carbocycles. The van der Waals surface area contributed by atoms with E-state index >= 15 is 0 Å². The first-order valence-electron chi connectivity index (χ1n) is 7.32. The number of alkyl halides is 2. The molecule has 2 N–H and O–H groups in total. The number of nitrogens with one attached hydrogen (secondary N) is 2. The Bertz CT molecular complexity index is 487. The van der Waals surface area contributed by atoms with E-state index in [0.717, 1.165) is 19.4 Å². The highest BCUT2D eigenvalue weighted by atomic mass is 127. The van der Waals surface area contributed by atoms with Crippen molar-refractivity contribution in [3.63, 3.8) is 0 Å². The molecule has 0 atom stereocenters. The molecule has 0 amide bonds. The number of benzene rings is 1. The lowest BCUT2D eigenvalue weighted by atomic mass is 10.2. The molecule has 0 spiro atoms. The molecule has 0 aliphatic heterocycles. The highest BCUT2D eigenvalue weighted by molar-refractivity contribution is 14.0. The number of hydrogen-bond acceptors (Lipinski definition) is 2. The number of nitrogens with zero attached hydrogens (tertiary/aromatic N) is 1. The van der Waals surface area contributed by atoms with Gasteiger partial charge in [-0.25, -0.2) is 9.38 Å². The molecule has 23 heavy (non-hydrogen) atoms. The SMILES string of the molecule is CCCCNC(=NCc1c(F)cccc1OC(F)F)NCC.I. The minimum atomic E-state index is -3.00. The third-order valence-corrected chi connectivity index (χ3v) is 2.85. The number of guanidine groups is 1. The molecule has 0 unspecified atom stereocenters. The van der Waals surface area contributed by atoms with Gasteiger partial charge in [-0.2, -0.15) is 8.78 Å². The number of aliphatic imine (C=N–C) groups is 1. The molecule has 0 saturated heterocycles. The van der Waals surface area contributed by atoms with Gasteiger partial charge in [0.25, 0.3) is 0 Å². The second-order valence-electron chi connectivity index (χ2n) is 4.57. The average molecular weight is 445 g/mol. The van der Waals surface area contributed by atoms with Crippen molar-refractivity contribution in [3.05, 3.63) is 29.6 Å². The van der Waals surface area contributed by atoms with E-state index in [4.69, 9.17) is 0 Å². The summed E-state index contributed by atoms with van der Waals surface area (Å²) in [4.78, 5) is 4.21. The molecule has 1 aromatic rings. The van der Waals surface area contributed by atoms with Crippen LogP contribution in [0.4, 0.5) is 13.2 Å². The molecule has 132 valence electrons. The summed E-state index contributed by atoms with van der Waals surface area (Å²) in [6.07, 6.45) is 2.01. The maximum atomic E-state index is 13.8. The standard InChI is InChI=1S/C15H22F3N3O.HI/c1-3-5-9-20-15(19-4-2)21-10-11-12(16)7-6-8-13(11)22-14(17)18;/h6-8,14H,3-5,9-10H2,1-2H3,(H2,19,20,21);1H. The summed E-state index contributed by atoms with van der Waals surface area (Å²) in [6, 6.07) is 3.82. The number of rotatable bonds is 8. The molecule has 1 rings (SSSR count). The molecule has 0 saturated carbocycles.